The summed E-state index contributed by atoms with van der Waals surface area (Å²) >= 11 is 0. The van der Waals surface area contributed by atoms with Crippen LogP contribution in [0.5, 0.6) is 0 Å². The second kappa shape index (κ2) is 14.8. The highest BCUT2D eigenvalue weighted by atomic mass is 15.0. The molecule has 290 valence electrons. The SMILES string of the molecule is c1ccc(-c2cccc(-n3c4ccc(-c5ccc6c(c5)c5ccccc5n6-c5ccc(-c6ccccc6)c(-c6ccccc6)c5)cc4c4ccc(-c5ccccc5)cc43)c2)cc1. The van der Waals surface area contributed by atoms with E-state index < -0.39 is 0 Å². The zero-order valence-corrected chi connectivity index (χ0v) is 34.0. The lowest BCUT2D eigenvalue weighted by atomic mass is 9.94. The van der Waals surface area contributed by atoms with Gasteiger partial charge in [0.05, 0.1) is 22.1 Å². The van der Waals surface area contributed by atoms with Crippen LogP contribution in [0.3, 0.4) is 0 Å². The highest BCUT2D eigenvalue weighted by Crippen LogP contribution is 2.41. The second-order valence-electron chi connectivity index (χ2n) is 16.1. The number of hydrogen-bond acceptors (Lipinski definition) is 0. The summed E-state index contributed by atoms with van der Waals surface area (Å²) in [6.07, 6.45) is 0. The minimum absolute atomic E-state index is 1.14. The van der Waals surface area contributed by atoms with Gasteiger partial charge in [-0.05, 0) is 116 Å². The number of aromatic nitrogens is 2. The summed E-state index contributed by atoms with van der Waals surface area (Å²) in [5.41, 5.74) is 19.1. The lowest BCUT2D eigenvalue weighted by Gasteiger charge is -2.15. The Hall–Kier alpha value is -8.20. The van der Waals surface area contributed by atoms with Gasteiger partial charge in [0.1, 0.15) is 0 Å². The molecule has 0 saturated heterocycles. The Morgan fingerprint density at radius 2 is 0.629 bits per heavy atom. The van der Waals surface area contributed by atoms with Gasteiger partial charge < -0.3 is 9.13 Å². The Bertz CT molecular complexity index is 3600. The van der Waals surface area contributed by atoms with Crippen molar-refractivity contribution in [3.05, 3.63) is 243 Å². The van der Waals surface area contributed by atoms with E-state index in [4.69, 9.17) is 0 Å². The van der Waals surface area contributed by atoms with Crippen LogP contribution in [0.4, 0.5) is 0 Å². The Labute approximate surface area is 360 Å². The first-order valence-electron chi connectivity index (χ1n) is 21.3. The van der Waals surface area contributed by atoms with Crippen molar-refractivity contribution >= 4 is 43.6 Å². The number of rotatable bonds is 7. The average molecular weight is 789 g/mol. The van der Waals surface area contributed by atoms with Crippen LogP contribution >= 0.6 is 0 Å². The van der Waals surface area contributed by atoms with Crippen LogP contribution in [0.25, 0.3) is 111 Å². The van der Waals surface area contributed by atoms with Gasteiger partial charge in [-0.15, -0.1) is 0 Å². The first-order valence-corrected chi connectivity index (χ1v) is 21.3. The fourth-order valence-corrected chi connectivity index (χ4v) is 9.57. The maximum Gasteiger partial charge on any atom is 0.0547 e. The summed E-state index contributed by atoms with van der Waals surface area (Å²) in [6.45, 7) is 0. The van der Waals surface area contributed by atoms with E-state index in [-0.39, 0.29) is 0 Å². The molecule has 0 spiro atoms. The lowest BCUT2D eigenvalue weighted by molar-refractivity contribution is 1.18. The van der Waals surface area contributed by atoms with Crippen molar-refractivity contribution in [2.75, 3.05) is 0 Å². The molecule has 62 heavy (non-hydrogen) atoms. The minimum atomic E-state index is 1.14. The molecular formula is C60H40N2. The van der Waals surface area contributed by atoms with Gasteiger partial charge in [-0.25, -0.2) is 0 Å². The molecule has 0 atom stereocenters. The van der Waals surface area contributed by atoms with E-state index in [1.807, 2.05) is 0 Å². The van der Waals surface area contributed by atoms with Gasteiger partial charge in [0, 0.05) is 32.9 Å². The molecule has 0 amide bonds. The van der Waals surface area contributed by atoms with Crippen LogP contribution in [0.2, 0.25) is 0 Å². The Balaban J connectivity index is 1.02. The molecule has 0 radical (unpaired) electrons. The second-order valence-corrected chi connectivity index (χ2v) is 16.1. The molecule has 0 fully saturated rings. The van der Waals surface area contributed by atoms with E-state index in [1.54, 1.807) is 0 Å². The summed E-state index contributed by atoms with van der Waals surface area (Å²) < 4.78 is 4.87. The predicted octanol–water partition coefficient (Wildman–Crippen LogP) is 16.2. The predicted molar refractivity (Wildman–Crippen MR) is 262 cm³/mol. The zero-order valence-electron chi connectivity index (χ0n) is 34.0. The van der Waals surface area contributed by atoms with Gasteiger partial charge in [0.2, 0.25) is 0 Å². The largest absolute Gasteiger partial charge is 0.309 e. The van der Waals surface area contributed by atoms with Crippen molar-refractivity contribution in [2.24, 2.45) is 0 Å². The summed E-state index contributed by atoms with van der Waals surface area (Å²) in [4.78, 5) is 0. The van der Waals surface area contributed by atoms with Crippen molar-refractivity contribution in [3.8, 4) is 67.0 Å². The minimum Gasteiger partial charge on any atom is -0.309 e. The van der Waals surface area contributed by atoms with Gasteiger partial charge in [-0.2, -0.15) is 0 Å². The van der Waals surface area contributed by atoms with Crippen LogP contribution < -0.4 is 0 Å². The fourth-order valence-electron chi connectivity index (χ4n) is 9.57. The number of hydrogen-bond donors (Lipinski definition) is 0. The molecule has 12 aromatic rings. The molecule has 2 nitrogen and oxygen atoms in total. The maximum atomic E-state index is 2.44. The third-order valence-corrected chi connectivity index (χ3v) is 12.5. The first kappa shape index (κ1) is 35.7. The van der Waals surface area contributed by atoms with E-state index in [1.165, 1.54) is 99.2 Å². The van der Waals surface area contributed by atoms with Crippen LogP contribution in [-0.2, 0) is 0 Å². The van der Waals surface area contributed by atoms with E-state index in [9.17, 15) is 0 Å². The van der Waals surface area contributed by atoms with Crippen LogP contribution in [0.15, 0.2) is 243 Å². The highest BCUT2D eigenvalue weighted by molar-refractivity contribution is 6.13. The Morgan fingerprint density at radius 3 is 1.26 bits per heavy atom. The van der Waals surface area contributed by atoms with Crippen LogP contribution in [0.1, 0.15) is 0 Å². The molecule has 0 aliphatic rings. The zero-order chi connectivity index (χ0) is 41.0. The Morgan fingerprint density at radius 1 is 0.194 bits per heavy atom. The fraction of sp³-hybridized carbons (Fsp3) is 0. The van der Waals surface area contributed by atoms with E-state index >= 15 is 0 Å². The average Bonchev–Trinajstić information content (AvgIpc) is 3.86. The van der Waals surface area contributed by atoms with Gasteiger partial charge in [0.15, 0.2) is 0 Å². The number of para-hydroxylation sites is 1. The quantitative estimate of drug-likeness (QED) is 0.152. The first-order chi connectivity index (χ1) is 30.7. The lowest BCUT2D eigenvalue weighted by Crippen LogP contribution is -1.96. The monoisotopic (exact) mass is 788 g/mol. The maximum absolute atomic E-state index is 2.44. The molecule has 0 N–H and O–H groups in total. The summed E-state index contributed by atoms with van der Waals surface area (Å²) in [5.74, 6) is 0. The van der Waals surface area contributed by atoms with E-state index in [2.05, 4.69) is 252 Å². The molecule has 0 bridgehead atoms. The Kier molecular flexibility index (Phi) is 8.53. The summed E-state index contributed by atoms with van der Waals surface area (Å²) in [5, 5.41) is 4.94. The van der Waals surface area contributed by atoms with Crippen molar-refractivity contribution in [1.29, 1.82) is 0 Å². The van der Waals surface area contributed by atoms with Gasteiger partial charge >= 0.3 is 0 Å². The van der Waals surface area contributed by atoms with Crippen LogP contribution in [0, 0.1) is 0 Å². The molecule has 0 saturated carbocycles. The molecular weight excluding hydrogens is 749 g/mol. The summed E-state index contributed by atoms with van der Waals surface area (Å²) in [6, 6.07) is 88.4. The van der Waals surface area contributed by atoms with Crippen molar-refractivity contribution in [2.45, 2.75) is 0 Å². The topological polar surface area (TPSA) is 9.86 Å². The third-order valence-electron chi connectivity index (χ3n) is 12.5. The summed E-state index contributed by atoms with van der Waals surface area (Å²) in [7, 11) is 0. The van der Waals surface area contributed by atoms with Gasteiger partial charge in [-0.1, -0.05) is 182 Å². The van der Waals surface area contributed by atoms with Crippen molar-refractivity contribution in [3.63, 3.8) is 0 Å². The standard InChI is InChI=1S/C60H40N2/c1-5-16-41(17-6-1)45-24-15-25-49(36-45)62-59-35-30-47(38-56(59)53-32-28-48(39-60(53)62)42-18-7-2-8-19-42)46-29-34-58-55(37-46)52-26-13-14-27-57(52)61(58)50-31-33-51(43-20-9-3-10-21-43)54(40-50)44-22-11-4-12-23-44/h1-40H. The van der Waals surface area contributed by atoms with Crippen molar-refractivity contribution in [1.82, 2.24) is 9.13 Å². The molecule has 2 heterocycles. The van der Waals surface area contributed by atoms with Gasteiger partial charge in [0.25, 0.3) is 0 Å². The third kappa shape index (κ3) is 6.04. The number of nitrogens with zero attached hydrogens (tertiary/aromatic N) is 2. The van der Waals surface area contributed by atoms with E-state index in [0.717, 1.165) is 11.4 Å². The molecule has 0 aliphatic heterocycles. The highest BCUT2D eigenvalue weighted by Gasteiger charge is 2.18. The normalized spacial score (nSPS) is 11.5. The van der Waals surface area contributed by atoms with Crippen molar-refractivity contribution < 1.29 is 0 Å². The van der Waals surface area contributed by atoms with E-state index in [0.29, 0.717) is 0 Å². The smallest absolute Gasteiger partial charge is 0.0547 e. The van der Waals surface area contributed by atoms with Gasteiger partial charge in [-0.3, -0.25) is 0 Å². The molecule has 2 heteroatoms. The number of fused-ring (bicyclic) bond motifs is 6. The molecule has 0 aliphatic carbocycles. The molecule has 10 aromatic carbocycles. The molecule has 0 unspecified atom stereocenters. The molecule has 2 aromatic heterocycles. The van der Waals surface area contributed by atoms with Crippen LogP contribution in [-0.4, -0.2) is 9.13 Å². The number of benzene rings is 10. The molecule has 12 rings (SSSR count).